The quantitative estimate of drug-likeness (QED) is 0.871. The van der Waals surface area contributed by atoms with Gasteiger partial charge >= 0.3 is 0 Å². The monoisotopic (exact) mass is 299 g/mol. The second-order valence-electron chi connectivity index (χ2n) is 5.78. The second kappa shape index (κ2) is 6.79. The molecule has 0 saturated carbocycles. The lowest BCUT2D eigenvalue weighted by molar-refractivity contribution is -0.00301. The summed E-state index contributed by atoms with van der Waals surface area (Å²) in [5.74, 6) is 0.360. The number of methoxy groups -OCH3 is 1. The number of nitrogens with zero attached hydrogens (tertiary/aromatic N) is 1. The average molecular weight is 299 g/mol. The fraction of sp³-hybridized carbons (Fsp3) is 0.389. The van der Waals surface area contributed by atoms with E-state index in [1.54, 1.807) is 13.2 Å². The molecule has 22 heavy (non-hydrogen) atoms. The maximum atomic E-state index is 12.5. The number of carbonyl (C=O) groups excluding carboxylic acids is 1. The minimum Gasteiger partial charge on any atom is -0.472 e. The molecule has 0 N–H and O–H groups in total. The molecule has 2 aromatic rings. The summed E-state index contributed by atoms with van der Waals surface area (Å²) in [5, 5.41) is 0. The predicted octanol–water partition coefficient (Wildman–Crippen LogP) is 3.00. The SMILES string of the molecule is CO[C@@H]1CCN(C(=O)c2ccoc2)C[C@H]1Cc1ccccc1. The maximum Gasteiger partial charge on any atom is 0.257 e. The van der Waals surface area contributed by atoms with Crippen molar-refractivity contribution >= 4 is 5.91 Å². The predicted molar refractivity (Wildman–Crippen MR) is 83.7 cm³/mol. The fourth-order valence-corrected chi connectivity index (χ4v) is 3.19. The van der Waals surface area contributed by atoms with E-state index in [4.69, 9.17) is 9.15 Å². The van der Waals surface area contributed by atoms with Crippen LogP contribution in [0.1, 0.15) is 22.3 Å². The lowest BCUT2D eigenvalue weighted by atomic mass is 9.88. The molecule has 1 aliphatic heterocycles. The Labute approximate surface area is 130 Å². The van der Waals surface area contributed by atoms with Crippen LogP contribution in [0, 0.1) is 5.92 Å². The van der Waals surface area contributed by atoms with E-state index in [1.165, 1.54) is 18.1 Å². The van der Waals surface area contributed by atoms with Crippen LogP contribution in [-0.4, -0.2) is 37.1 Å². The normalized spacial score (nSPS) is 21.8. The Balaban J connectivity index is 1.71. The van der Waals surface area contributed by atoms with Crippen LogP contribution in [-0.2, 0) is 11.2 Å². The van der Waals surface area contributed by atoms with E-state index in [2.05, 4.69) is 12.1 Å². The molecular formula is C18H21NO3. The van der Waals surface area contributed by atoms with Gasteiger partial charge in [-0.3, -0.25) is 4.79 Å². The molecule has 4 nitrogen and oxygen atoms in total. The first-order valence-electron chi connectivity index (χ1n) is 7.66. The minimum atomic E-state index is 0.0429. The van der Waals surface area contributed by atoms with E-state index in [9.17, 15) is 4.79 Å². The van der Waals surface area contributed by atoms with Crippen LogP contribution in [0.25, 0.3) is 0 Å². The molecule has 0 unspecified atom stereocenters. The number of carbonyl (C=O) groups is 1. The van der Waals surface area contributed by atoms with Crippen molar-refractivity contribution in [2.75, 3.05) is 20.2 Å². The zero-order valence-electron chi connectivity index (χ0n) is 12.8. The van der Waals surface area contributed by atoms with Crippen molar-refractivity contribution in [1.82, 2.24) is 4.90 Å². The van der Waals surface area contributed by atoms with Gasteiger partial charge in [-0.2, -0.15) is 0 Å². The first-order chi connectivity index (χ1) is 10.8. The van der Waals surface area contributed by atoms with Crippen LogP contribution >= 0.6 is 0 Å². The molecule has 1 fully saturated rings. The molecule has 3 rings (SSSR count). The van der Waals surface area contributed by atoms with Crippen LogP contribution in [0.4, 0.5) is 0 Å². The molecule has 0 spiro atoms. The van der Waals surface area contributed by atoms with Gasteiger partial charge in [0, 0.05) is 26.1 Å². The van der Waals surface area contributed by atoms with Crippen molar-refractivity contribution in [1.29, 1.82) is 0 Å². The molecule has 1 saturated heterocycles. The number of hydrogen-bond donors (Lipinski definition) is 0. The molecule has 4 heteroatoms. The summed E-state index contributed by atoms with van der Waals surface area (Å²) in [6.07, 6.45) is 5.05. The van der Waals surface area contributed by atoms with Gasteiger partial charge in [-0.1, -0.05) is 30.3 Å². The smallest absolute Gasteiger partial charge is 0.257 e. The first-order valence-corrected chi connectivity index (χ1v) is 7.66. The van der Waals surface area contributed by atoms with Gasteiger partial charge < -0.3 is 14.1 Å². The van der Waals surface area contributed by atoms with Crippen molar-refractivity contribution < 1.29 is 13.9 Å². The molecule has 1 aromatic heterocycles. The van der Waals surface area contributed by atoms with Gasteiger partial charge in [-0.05, 0) is 24.5 Å². The van der Waals surface area contributed by atoms with Crippen molar-refractivity contribution in [2.24, 2.45) is 5.92 Å². The van der Waals surface area contributed by atoms with Crippen molar-refractivity contribution in [3.8, 4) is 0 Å². The van der Waals surface area contributed by atoms with Crippen molar-refractivity contribution in [3.05, 3.63) is 60.1 Å². The Kier molecular flexibility index (Phi) is 4.59. The van der Waals surface area contributed by atoms with Crippen LogP contribution in [0.5, 0.6) is 0 Å². The summed E-state index contributed by atoms with van der Waals surface area (Å²) in [6, 6.07) is 12.1. The van der Waals surface area contributed by atoms with Crippen LogP contribution < -0.4 is 0 Å². The van der Waals surface area contributed by atoms with E-state index in [1.807, 2.05) is 23.1 Å². The van der Waals surface area contributed by atoms with Gasteiger partial charge in [0.25, 0.3) is 5.91 Å². The van der Waals surface area contributed by atoms with E-state index >= 15 is 0 Å². The van der Waals surface area contributed by atoms with Gasteiger partial charge in [0.2, 0.25) is 0 Å². The maximum absolute atomic E-state index is 12.5. The topological polar surface area (TPSA) is 42.7 Å². The molecule has 2 heterocycles. The number of furan rings is 1. The summed E-state index contributed by atoms with van der Waals surface area (Å²) in [6.45, 7) is 1.45. The van der Waals surface area contributed by atoms with E-state index in [0.717, 1.165) is 25.9 Å². The molecule has 0 aliphatic carbocycles. The molecule has 2 atom stereocenters. The first kappa shape index (κ1) is 14.9. The molecule has 1 aromatic carbocycles. The fourth-order valence-electron chi connectivity index (χ4n) is 3.19. The zero-order chi connectivity index (χ0) is 15.4. The van der Waals surface area contributed by atoms with Crippen LogP contribution in [0.2, 0.25) is 0 Å². The van der Waals surface area contributed by atoms with E-state index in [-0.39, 0.29) is 12.0 Å². The Hall–Kier alpha value is -2.07. The number of likely N-dealkylation sites (tertiary alicyclic amines) is 1. The summed E-state index contributed by atoms with van der Waals surface area (Å²) in [4.78, 5) is 14.4. The number of hydrogen-bond acceptors (Lipinski definition) is 3. The van der Waals surface area contributed by atoms with Gasteiger partial charge in [0.1, 0.15) is 6.26 Å². The number of ether oxygens (including phenoxy) is 1. The number of benzene rings is 1. The lowest BCUT2D eigenvalue weighted by Gasteiger charge is -2.38. The largest absolute Gasteiger partial charge is 0.472 e. The van der Waals surface area contributed by atoms with Gasteiger partial charge in [-0.15, -0.1) is 0 Å². The Morgan fingerprint density at radius 3 is 2.82 bits per heavy atom. The summed E-state index contributed by atoms with van der Waals surface area (Å²) in [5.41, 5.74) is 1.90. The summed E-state index contributed by atoms with van der Waals surface area (Å²) < 4.78 is 10.7. The third-order valence-electron chi connectivity index (χ3n) is 4.36. The third-order valence-corrected chi connectivity index (χ3v) is 4.36. The molecular weight excluding hydrogens is 278 g/mol. The standard InChI is InChI=1S/C18H21NO3/c1-21-17-7-9-19(18(20)15-8-10-22-13-15)12-16(17)11-14-5-3-2-4-6-14/h2-6,8,10,13,16-17H,7,9,11-12H2,1H3/t16-,17-/m1/s1. The molecule has 1 amide bonds. The van der Waals surface area contributed by atoms with Gasteiger partial charge in [-0.25, -0.2) is 0 Å². The van der Waals surface area contributed by atoms with Crippen molar-refractivity contribution in [2.45, 2.75) is 18.9 Å². The highest BCUT2D eigenvalue weighted by molar-refractivity contribution is 5.93. The van der Waals surface area contributed by atoms with E-state index < -0.39 is 0 Å². The molecule has 116 valence electrons. The van der Waals surface area contributed by atoms with E-state index in [0.29, 0.717) is 11.5 Å². The Bertz CT molecular complexity index is 594. The van der Waals surface area contributed by atoms with Gasteiger partial charge in [0.05, 0.1) is 17.9 Å². The number of rotatable bonds is 4. The zero-order valence-corrected chi connectivity index (χ0v) is 12.8. The lowest BCUT2D eigenvalue weighted by Crippen LogP contribution is -2.47. The van der Waals surface area contributed by atoms with Gasteiger partial charge in [0.15, 0.2) is 0 Å². The highest BCUT2D eigenvalue weighted by Crippen LogP contribution is 2.25. The third kappa shape index (κ3) is 3.22. The summed E-state index contributed by atoms with van der Waals surface area (Å²) >= 11 is 0. The second-order valence-corrected chi connectivity index (χ2v) is 5.78. The Morgan fingerprint density at radius 2 is 2.14 bits per heavy atom. The van der Waals surface area contributed by atoms with Crippen molar-refractivity contribution in [3.63, 3.8) is 0 Å². The number of amides is 1. The number of piperidine rings is 1. The van der Waals surface area contributed by atoms with Crippen LogP contribution in [0.15, 0.2) is 53.3 Å². The minimum absolute atomic E-state index is 0.0429. The summed E-state index contributed by atoms with van der Waals surface area (Å²) in [7, 11) is 1.76. The molecule has 0 bridgehead atoms. The average Bonchev–Trinajstić information content (AvgIpc) is 3.09. The Morgan fingerprint density at radius 1 is 1.32 bits per heavy atom. The molecule has 1 aliphatic rings. The molecule has 0 radical (unpaired) electrons. The highest BCUT2D eigenvalue weighted by atomic mass is 16.5. The van der Waals surface area contributed by atoms with Crippen LogP contribution in [0.3, 0.4) is 0 Å². The highest BCUT2D eigenvalue weighted by Gasteiger charge is 2.32.